The van der Waals surface area contributed by atoms with E-state index in [-0.39, 0.29) is 0 Å². The number of aliphatic hydroxyl groups excluding tert-OH is 1. The fraction of sp³-hybridized carbons (Fsp3) is 0.688. The highest BCUT2D eigenvalue weighted by molar-refractivity contribution is 5.45. The van der Waals surface area contributed by atoms with Crippen molar-refractivity contribution in [2.75, 3.05) is 11.4 Å². The van der Waals surface area contributed by atoms with Gasteiger partial charge in [0.25, 0.3) is 0 Å². The van der Waals surface area contributed by atoms with Gasteiger partial charge in [-0.05, 0) is 38.8 Å². The number of rotatable bonds is 8. The standard InChI is InChI=1S/C16H28N2O/c1-5-7-8-11-18(13(3)4)14-9-10-15(17-12-14)16(19)6-2/h9-10,12-13,16,19H,5-8,11H2,1-4H3. The second-order valence-corrected chi connectivity index (χ2v) is 5.36. The fourth-order valence-electron chi connectivity index (χ4n) is 2.19. The largest absolute Gasteiger partial charge is 0.387 e. The third-order valence-electron chi connectivity index (χ3n) is 3.46. The van der Waals surface area contributed by atoms with Crippen LogP contribution in [0, 0.1) is 0 Å². The summed E-state index contributed by atoms with van der Waals surface area (Å²) in [6.45, 7) is 9.68. The van der Waals surface area contributed by atoms with Crippen LogP contribution in [0.2, 0.25) is 0 Å². The van der Waals surface area contributed by atoms with Crippen molar-refractivity contribution in [2.24, 2.45) is 0 Å². The molecule has 0 aliphatic rings. The lowest BCUT2D eigenvalue weighted by atomic mass is 10.1. The zero-order valence-corrected chi connectivity index (χ0v) is 12.8. The first-order chi connectivity index (χ1) is 9.10. The number of unbranched alkanes of at least 4 members (excludes halogenated alkanes) is 2. The normalized spacial score (nSPS) is 12.7. The van der Waals surface area contributed by atoms with Crippen molar-refractivity contribution < 1.29 is 5.11 Å². The summed E-state index contributed by atoms with van der Waals surface area (Å²) < 4.78 is 0. The Balaban J connectivity index is 2.74. The van der Waals surface area contributed by atoms with E-state index in [0.29, 0.717) is 12.5 Å². The number of hydrogen-bond acceptors (Lipinski definition) is 3. The van der Waals surface area contributed by atoms with Gasteiger partial charge < -0.3 is 10.0 Å². The summed E-state index contributed by atoms with van der Waals surface area (Å²) in [5.41, 5.74) is 1.92. The topological polar surface area (TPSA) is 36.4 Å². The molecule has 0 saturated carbocycles. The number of hydrogen-bond donors (Lipinski definition) is 1. The minimum absolute atomic E-state index is 0.443. The van der Waals surface area contributed by atoms with Crippen molar-refractivity contribution in [1.82, 2.24) is 4.98 Å². The van der Waals surface area contributed by atoms with Crippen LogP contribution in [0.5, 0.6) is 0 Å². The number of anilines is 1. The molecule has 3 nitrogen and oxygen atoms in total. The SMILES string of the molecule is CCCCCN(c1ccc(C(O)CC)nc1)C(C)C. The van der Waals surface area contributed by atoms with E-state index in [1.165, 1.54) is 19.3 Å². The molecule has 1 aromatic rings. The maximum atomic E-state index is 9.77. The predicted octanol–water partition coefficient (Wildman–Crippen LogP) is 3.93. The van der Waals surface area contributed by atoms with Crippen molar-refractivity contribution in [3.63, 3.8) is 0 Å². The first kappa shape index (κ1) is 16.0. The van der Waals surface area contributed by atoms with E-state index in [4.69, 9.17) is 0 Å². The Morgan fingerprint density at radius 1 is 1.21 bits per heavy atom. The smallest absolute Gasteiger partial charge is 0.0957 e. The molecule has 0 amide bonds. The second kappa shape index (κ2) is 8.16. The summed E-state index contributed by atoms with van der Waals surface area (Å²) in [6.07, 6.45) is 5.88. The van der Waals surface area contributed by atoms with Gasteiger partial charge in [-0.25, -0.2) is 0 Å². The number of aromatic nitrogens is 1. The number of aliphatic hydroxyl groups is 1. The molecule has 1 rings (SSSR count). The summed E-state index contributed by atoms with van der Waals surface area (Å²) >= 11 is 0. The van der Waals surface area contributed by atoms with Crippen LogP contribution < -0.4 is 4.90 Å². The minimum atomic E-state index is -0.443. The average molecular weight is 264 g/mol. The summed E-state index contributed by atoms with van der Waals surface area (Å²) in [5.74, 6) is 0. The van der Waals surface area contributed by atoms with E-state index in [1.54, 1.807) is 0 Å². The molecule has 108 valence electrons. The molecule has 1 unspecified atom stereocenters. The molecule has 0 fully saturated rings. The molecule has 3 heteroatoms. The molecule has 0 spiro atoms. The molecule has 0 saturated heterocycles. The Hall–Kier alpha value is -1.09. The maximum absolute atomic E-state index is 9.77. The van der Waals surface area contributed by atoms with Gasteiger partial charge in [-0.15, -0.1) is 0 Å². The number of nitrogens with zero attached hydrogens (tertiary/aromatic N) is 2. The van der Waals surface area contributed by atoms with Crippen molar-refractivity contribution >= 4 is 5.69 Å². The van der Waals surface area contributed by atoms with Crippen molar-refractivity contribution in [2.45, 2.75) is 65.5 Å². The van der Waals surface area contributed by atoms with Gasteiger partial charge in [-0.3, -0.25) is 4.98 Å². The Labute approximate surface area is 117 Å². The highest BCUT2D eigenvalue weighted by Crippen LogP contribution is 2.20. The fourth-order valence-corrected chi connectivity index (χ4v) is 2.19. The Bertz CT molecular complexity index is 348. The third-order valence-corrected chi connectivity index (χ3v) is 3.46. The second-order valence-electron chi connectivity index (χ2n) is 5.36. The summed E-state index contributed by atoms with van der Waals surface area (Å²) in [6, 6.07) is 4.49. The Morgan fingerprint density at radius 2 is 1.95 bits per heavy atom. The van der Waals surface area contributed by atoms with Crippen LogP contribution in [0.3, 0.4) is 0 Å². The van der Waals surface area contributed by atoms with Crippen molar-refractivity contribution in [3.05, 3.63) is 24.0 Å². The van der Waals surface area contributed by atoms with Gasteiger partial charge in [0.2, 0.25) is 0 Å². The predicted molar refractivity (Wildman–Crippen MR) is 81.5 cm³/mol. The van der Waals surface area contributed by atoms with E-state index in [2.05, 4.69) is 36.7 Å². The van der Waals surface area contributed by atoms with Crippen LogP contribution in [0.25, 0.3) is 0 Å². The number of pyridine rings is 1. The molecular formula is C16H28N2O. The Kier molecular flexibility index (Phi) is 6.85. The van der Waals surface area contributed by atoms with Gasteiger partial charge in [0, 0.05) is 12.6 Å². The quantitative estimate of drug-likeness (QED) is 0.723. The highest BCUT2D eigenvalue weighted by Gasteiger charge is 2.12. The van der Waals surface area contributed by atoms with Crippen molar-refractivity contribution in [1.29, 1.82) is 0 Å². The van der Waals surface area contributed by atoms with E-state index in [1.807, 2.05) is 19.2 Å². The molecule has 0 aliphatic carbocycles. The average Bonchev–Trinajstić information content (AvgIpc) is 2.42. The van der Waals surface area contributed by atoms with Crippen LogP contribution in [0.4, 0.5) is 5.69 Å². The zero-order valence-electron chi connectivity index (χ0n) is 12.8. The Morgan fingerprint density at radius 3 is 2.42 bits per heavy atom. The molecule has 0 aliphatic heterocycles. The summed E-state index contributed by atoms with van der Waals surface area (Å²) in [5, 5.41) is 9.77. The monoisotopic (exact) mass is 264 g/mol. The molecular weight excluding hydrogens is 236 g/mol. The van der Waals surface area contributed by atoms with Gasteiger partial charge in [-0.1, -0.05) is 26.7 Å². The van der Waals surface area contributed by atoms with Gasteiger partial charge in [0.05, 0.1) is 23.7 Å². The van der Waals surface area contributed by atoms with Gasteiger partial charge in [0.1, 0.15) is 0 Å². The first-order valence-electron chi connectivity index (χ1n) is 7.50. The highest BCUT2D eigenvalue weighted by atomic mass is 16.3. The summed E-state index contributed by atoms with van der Waals surface area (Å²) in [4.78, 5) is 6.77. The molecule has 0 bridgehead atoms. The molecule has 1 N–H and O–H groups in total. The lowest BCUT2D eigenvalue weighted by Crippen LogP contribution is -2.31. The molecule has 0 aromatic carbocycles. The summed E-state index contributed by atoms with van der Waals surface area (Å²) in [7, 11) is 0. The van der Waals surface area contributed by atoms with Gasteiger partial charge >= 0.3 is 0 Å². The van der Waals surface area contributed by atoms with Crippen LogP contribution in [-0.2, 0) is 0 Å². The lowest BCUT2D eigenvalue weighted by molar-refractivity contribution is 0.169. The van der Waals surface area contributed by atoms with Gasteiger partial charge in [0.15, 0.2) is 0 Å². The van der Waals surface area contributed by atoms with Gasteiger partial charge in [-0.2, -0.15) is 0 Å². The van der Waals surface area contributed by atoms with Crippen LogP contribution in [-0.4, -0.2) is 22.7 Å². The third kappa shape index (κ3) is 4.83. The van der Waals surface area contributed by atoms with Crippen LogP contribution >= 0.6 is 0 Å². The zero-order chi connectivity index (χ0) is 14.3. The maximum Gasteiger partial charge on any atom is 0.0957 e. The van der Waals surface area contributed by atoms with Crippen LogP contribution in [0.1, 0.15) is 65.2 Å². The lowest BCUT2D eigenvalue weighted by Gasteiger charge is -2.29. The molecule has 1 aromatic heterocycles. The molecule has 19 heavy (non-hydrogen) atoms. The molecule has 1 heterocycles. The molecule has 1 atom stereocenters. The minimum Gasteiger partial charge on any atom is -0.387 e. The van der Waals surface area contributed by atoms with Crippen molar-refractivity contribution in [3.8, 4) is 0 Å². The van der Waals surface area contributed by atoms with E-state index in [0.717, 1.165) is 17.9 Å². The molecule has 0 radical (unpaired) electrons. The first-order valence-corrected chi connectivity index (χ1v) is 7.50. The van der Waals surface area contributed by atoms with E-state index < -0.39 is 6.10 Å². The van der Waals surface area contributed by atoms with Crippen LogP contribution in [0.15, 0.2) is 18.3 Å². The van der Waals surface area contributed by atoms with E-state index >= 15 is 0 Å². The van der Waals surface area contributed by atoms with E-state index in [9.17, 15) is 5.11 Å².